The molecule has 0 aliphatic rings. The molecule has 17 heavy (non-hydrogen) atoms. The maximum absolute atomic E-state index is 13.1. The van der Waals surface area contributed by atoms with Gasteiger partial charge in [-0.1, -0.05) is 24.3 Å². The van der Waals surface area contributed by atoms with Gasteiger partial charge < -0.3 is 10.4 Å². The van der Waals surface area contributed by atoms with E-state index in [-0.39, 0.29) is 5.75 Å². The number of nitrogens with one attached hydrogen (secondary N) is 1. The van der Waals surface area contributed by atoms with E-state index in [9.17, 15) is 9.50 Å². The molecule has 0 aromatic heterocycles. The van der Waals surface area contributed by atoms with Crippen molar-refractivity contribution >= 4 is 28.3 Å². The first kappa shape index (κ1) is 12.2. The Labute approximate surface area is 113 Å². The van der Waals surface area contributed by atoms with E-state index in [4.69, 9.17) is 0 Å². The number of phenols is 1. The summed E-state index contributed by atoms with van der Waals surface area (Å²) >= 11 is 2.22. The van der Waals surface area contributed by atoms with E-state index >= 15 is 0 Å². The Hall–Kier alpha value is -1.30. The third-order valence-corrected chi connectivity index (χ3v) is 3.35. The number of benzene rings is 2. The zero-order valence-electron chi connectivity index (χ0n) is 8.95. The lowest BCUT2D eigenvalue weighted by atomic mass is 10.2. The Bertz CT molecular complexity index is 531. The van der Waals surface area contributed by atoms with E-state index in [0.717, 1.165) is 9.26 Å². The van der Waals surface area contributed by atoms with Crippen molar-refractivity contribution < 1.29 is 9.50 Å². The van der Waals surface area contributed by atoms with E-state index in [2.05, 4.69) is 27.9 Å². The van der Waals surface area contributed by atoms with Crippen molar-refractivity contribution in [2.24, 2.45) is 0 Å². The van der Waals surface area contributed by atoms with Crippen LogP contribution in [0.5, 0.6) is 5.75 Å². The van der Waals surface area contributed by atoms with Crippen molar-refractivity contribution in [1.29, 1.82) is 0 Å². The average Bonchev–Trinajstić information content (AvgIpc) is 2.33. The predicted octanol–water partition coefficient (Wildman–Crippen LogP) is 3.75. The Morgan fingerprint density at radius 2 is 1.88 bits per heavy atom. The molecule has 2 rings (SSSR count). The molecule has 0 unspecified atom stereocenters. The topological polar surface area (TPSA) is 32.3 Å². The quantitative estimate of drug-likeness (QED) is 0.832. The molecular formula is C13H11FINO. The fraction of sp³-hybridized carbons (Fsp3) is 0.0769. The molecule has 0 fully saturated rings. The number of phenolic OH excluding ortho intramolecular Hbond substituents is 1. The van der Waals surface area contributed by atoms with Gasteiger partial charge in [0.15, 0.2) is 11.6 Å². The van der Waals surface area contributed by atoms with E-state index in [1.807, 2.05) is 24.3 Å². The second-order valence-electron chi connectivity index (χ2n) is 3.58. The fourth-order valence-corrected chi connectivity index (χ4v) is 2.08. The third kappa shape index (κ3) is 2.88. The summed E-state index contributed by atoms with van der Waals surface area (Å²) in [6, 6.07) is 12.3. The molecule has 0 saturated heterocycles. The van der Waals surface area contributed by atoms with Gasteiger partial charge in [0, 0.05) is 21.4 Å². The van der Waals surface area contributed by atoms with Gasteiger partial charge in [0.1, 0.15) is 0 Å². The Balaban J connectivity index is 2.13. The van der Waals surface area contributed by atoms with E-state index in [1.165, 1.54) is 6.07 Å². The highest BCUT2D eigenvalue weighted by Crippen LogP contribution is 2.23. The van der Waals surface area contributed by atoms with Gasteiger partial charge in [-0.3, -0.25) is 0 Å². The lowest BCUT2D eigenvalue weighted by Crippen LogP contribution is -2.01. The van der Waals surface area contributed by atoms with Crippen LogP contribution in [-0.4, -0.2) is 5.11 Å². The molecule has 88 valence electrons. The lowest BCUT2D eigenvalue weighted by Gasteiger charge is -2.09. The number of halogens is 2. The van der Waals surface area contributed by atoms with Gasteiger partial charge in [0.2, 0.25) is 0 Å². The standard InChI is InChI=1S/C13H11FINO/c14-10-5-3-4-9(13(10)17)8-16-12-7-2-1-6-11(12)15/h1-7,16-17H,8H2. The van der Waals surface area contributed by atoms with Crippen LogP contribution in [0.25, 0.3) is 0 Å². The summed E-state index contributed by atoms with van der Waals surface area (Å²) in [6.07, 6.45) is 0. The van der Waals surface area contributed by atoms with E-state index < -0.39 is 5.82 Å². The maximum atomic E-state index is 13.1. The molecular weight excluding hydrogens is 332 g/mol. The minimum absolute atomic E-state index is 0.286. The largest absolute Gasteiger partial charge is 0.505 e. The first-order chi connectivity index (χ1) is 8.18. The smallest absolute Gasteiger partial charge is 0.165 e. The van der Waals surface area contributed by atoms with Crippen molar-refractivity contribution in [3.63, 3.8) is 0 Å². The van der Waals surface area contributed by atoms with E-state index in [0.29, 0.717) is 12.1 Å². The second-order valence-corrected chi connectivity index (χ2v) is 4.74. The van der Waals surface area contributed by atoms with Gasteiger partial charge in [0.05, 0.1) is 0 Å². The van der Waals surface area contributed by atoms with Gasteiger partial charge in [0.25, 0.3) is 0 Å². The number of aromatic hydroxyl groups is 1. The highest BCUT2D eigenvalue weighted by Gasteiger charge is 2.06. The summed E-state index contributed by atoms with van der Waals surface area (Å²) in [6.45, 7) is 0.392. The SMILES string of the molecule is Oc1c(F)cccc1CNc1ccccc1I. The molecule has 4 heteroatoms. The van der Waals surface area contributed by atoms with Crippen LogP contribution in [0.2, 0.25) is 0 Å². The molecule has 0 aliphatic heterocycles. The van der Waals surface area contributed by atoms with Crippen molar-refractivity contribution in [3.8, 4) is 5.75 Å². The Morgan fingerprint density at radius 1 is 1.12 bits per heavy atom. The summed E-state index contributed by atoms with van der Waals surface area (Å²) in [5, 5.41) is 12.7. The number of para-hydroxylation sites is 2. The molecule has 0 aliphatic carbocycles. The number of rotatable bonds is 3. The van der Waals surface area contributed by atoms with Crippen LogP contribution < -0.4 is 5.32 Å². The Kier molecular flexibility index (Phi) is 3.83. The predicted molar refractivity (Wildman–Crippen MR) is 74.6 cm³/mol. The van der Waals surface area contributed by atoms with Crippen LogP contribution in [0, 0.1) is 9.39 Å². The summed E-state index contributed by atoms with van der Waals surface area (Å²) in [4.78, 5) is 0. The number of anilines is 1. The summed E-state index contributed by atoms with van der Waals surface area (Å²) in [5.74, 6) is -0.877. The summed E-state index contributed by atoms with van der Waals surface area (Å²) < 4.78 is 14.2. The number of hydrogen-bond donors (Lipinski definition) is 2. The molecule has 0 spiro atoms. The van der Waals surface area contributed by atoms with Crippen molar-refractivity contribution in [1.82, 2.24) is 0 Å². The zero-order chi connectivity index (χ0) is 12.3. The van der Waals surface area contributed by atoms with Crippen LogP contribution >= 0.6 is 22.6 Å². The summed E-state index contributed by atoms with van der Waals surface area (Å²) in [7, 11) is 0. The molecule has 0 heterocycles. The van der Waals surface area contributed by atoms with Crippen LogP contribution in [0.4, 0.5) is 10.1 Å². The first-order valence-electron chi connectivity index (χ1n) is 5.13. The molecule has 2 nitrogen and oxygen atoms in total. The van der Waals surface area contributed by atoms with Crippen LogP contribution in [0.15, 0.2) is 42.5 Å². The molecule has 0 saturated carbocycles. The molecule has 0 amide bonds. The fourth-order valence-electron chi connectivity index (χ4n) is 1.50. The molecule has 2 aromatic carbocycles. The van der Waals surface area contributed by atoms with E-state index in [1.54, 1.807) is 12.1 Å². The Morgan fingerprint density at radius 3 is 2.65 bits per heavy atom. The normalized spacial score (nSPS) is 10.2. The maximum Gasteiger partial charge on any atom is 0.165 e. The highest BCUT2D eigenvalue weighted by atomic mass is 127. The highest BCUT2D eigenvalue weighted by molar-refractivity contribution is 14.1. The first-order valence-corrected chi connectivity index (χ1v) is 6.21. The van der Waals surface area contributed by atoms with Gasteiger partial charge in [-0.05, 0) is 40.8 Å². The molecule has 0 radical (unpaired) electrons. The average molecular weight is 343 g/mol. The second kappa shape index (κ2) is 5.35. The molecule has 0 bridgehead atoms. The van der Waals surface area contributed by atoms with Crippen molar-refractivity contribution in [3.05, 3.63) is 57.4 Å². The van der Waals surface area contributed by atoms with Crippen LogP contribution in [0.1, 0.15) is 5.56 Å². The van der Waals surface area contributed by atoms with Gasteiger partial charge in [-0.2, -0.15) is 0 Å². The summed E-state index contributed by atoms with van der Waals surface area (Å²) in [5.41, 5.74) is 1.52. The van der Waals surface area contributed by atoms with Crippen molar-refractivity contribution in [2.75, 3.05) is 5.32 Å². The van der Waals surface area contributed by atoms with Gasteiger partial charge in [-0.25, -0.2) is 4.39 Å². The molecule has 2 aromatic rings. The zero-order valence-corrected chi connectivity index (χ0v) is 11.1. The number of hydrogen-bond acceptors (Lipinski definition) is 2. The minimum Gasteiger partial charge on any atom is -0.505 e. The van der Waals surface area contributed by atoms with Crippen molar-refractivity contribution in [2.45, 2.75) is 6.54 Å². The molecule has 2 N–H and O–H groups in total. The minimum atomic E-state index is -0.591. The van der Waals surface area contributed by atoms with Crippen LogP contribution in [-0.2, 0) is 6.54 Å². The van der Waals surface area contributed by atoms with Gasteiger partial charge in [-0.15, -0.1) is 0 Å². The molecule has 0 atom stereocenters. The van der Waals surface area contributed by atoms with Crippen LogP contribution in [0.3, 0.4) is 0 Å². The monoisotopic (exact) mass is 343 g/mol. The lowest BCUT2D eigenvalue weighted by molar-refractivity contribution is 0.427. The third-order valence-electron chi connectivity index (χ3n) is 2.41. The van der Waals surface area contributed by atoms with Gasteiger partial charge >= 0.3 is 0 Å².